The van der Waals surface area contributed by atoms with E-state index in [4.69, 9.17) is 21.1 Å². The molecule has 0 saturated carbocycles. The second-order valence-corrected chi connectivity index (χ2v) is 14.6. The summed E-state index contributed by atoms with van der Waals surface area (Å²) in [4.78, 5) is 39.6. The first-order valence-corrected chi connectivity index (χ1v) is 17.0. The van der Waals surface area contributed by atoms with Gasteiger partial charge < -0.3 is 19.7 Å². The Hall–Kier alpha value is -4.87. The zero-order valence-corrected chi connectivity index (χ0v) is 28.5. The summed E-state index contributed by atoms with van der Waals surface area (Å²) in [7, 11) is -2.89. The van der Waals surface area contributed by atoms with Crippen molar-refractivity contribution in [3.63, 3.8) is 0 Å². The van der Waals surface area contributed by atoms with Gasteiger partial charge in [0.2, 0.25) is 5.91 Å². The first-order valence-electron chi connectivity index (χ1n) is 15.2. The molecule has 48 heavy (non-hydrogen) atoms. The van der Waals surface area contributed by atoms with E-state index < -0.39 is 40.1 Å². The highest BCUT2D eigenvalue weighted by molar-refractivity contribution is 7.92. The van der Waals surface area contributed by atoms with Crippen LogP contribution in [0.1, 0.15) is 37.8 Å². The third-order valence-corrected chi connectivity index (χ3v) is 9.53. The normalized spacial score (nSPS) is 12.4. The van der Waals surface area contributed by atoms with Crippen LogP contribution in [-0.4, -0.2) is 63.6 Å². The lowest BCUT2D eigenvalue weighted by molar-refractivity contribution is -0.152. The van der Waals surface area contributed by atoms with Crippen molar-refractivity contribution < 1.29 is 32.3 Å². The van der Waals surface area contributed by atoms with Crippen molar-refractivity contribution in [3.8, 4) is 11.1 Å². The molecule has 4 aromatic rings. The number of amides is 2. The lowest BCUT2D eigenvalue weighted by Crippen LogP contribution is -2.39. The Kier molecular flexibility index (Phi) is 10.1. The van der Waals surface area contributed by atoms with E-state index in [2.05, 4.69) is 5.32 Å². The Labute approximate surface area is 285 Å². The topological polar surface area (TPSA) is 122 Å². The number of sulfonamides is 1. The number of nitrogens with zero attached hydrogens (tertiary/aromatic N) is 2. The number of fused-ring (bicyclic) bond motifs is 3. The number of ether oxygens (including phenoxy) is 2. The van der Waals surface area contributed by atoms with Crippen LogP contribution in [0, 0.1) is 0 Å². The van der Waals surface area contributed by atoms with Crippen LogP contribution in [0.4, 0.5) is 16.2 Å². The van der Waals surface area contributed by atoms with E-state index in [0.717, 1.165) is 31.5 Å². The highest BCUT2D eigenvalue weighted by Gasteiger charge is 2.31. The maximum Gasteiger partial charge on any atom is 0.409 e. The summed E-state index contributed by atoms with van der Waals surface area (Å²) in [5.41, 5.74) is 3.84. The van der Waals surface area contributed by atoms with Gasteiger partial charge in [0.25, 0.3) is 10.0 Å². The van der Waals surface area contributed by atoms with Crippen LogP contribution in [-0.2, 0) is 29.1 Å². The van der Waals surface area contributed by atoms with E-state index in [1.807, 2.05) is 48.5 Å². The minimum absolute atomic E-state index is 0.102. The van der Waals surface area contributed by atoms with Gasteiger partial charge in [-0.2, -0.15) is 0 Å². The molecule has 0 radical (unpaired) electrons. The summed E-state index contributed by atoms with van der Waals surface area (Å²) < 4.78 is 39.7. The molecule has 0 bridgehead atoms. The number of halogens is 1. The molecule has 1 aliphatic rings. The van der Waals surface area contributed by atoms with Gasteiger partial charge in [-0.05, 0) is 79.4 Å². The fourth-order valence-corrected chi connectivity index (χ4v) is 7.12. The molecule has 4 aromatic carbocycles. The minimum Gasteiger partial charge on any atom is -0.459 e. The molecule has 0 atom stereocenters. The average molecular weight is 690 g/mol. The number of likely N-dealkylation sites (N-methyl/N-ethyl adjacent to an activating group) is 1. The van der Waals surface area contributed by atoms with Crippen molar-refractivity contribution >= 4 is 51.0 Å². The Balaban J connectivity index is 1.25. The minimum atomic E-state index is -4.34. The third-order valence-electron chi connectivity index (χ3n) is 7.52. The van der Waals surface area contributed by atoms with Crippen LogP contribution in [0.2, 0.25) is 5.02 Å². The van der Waals surface area contributed by atoms with Gasteiger partial charge in [0, 0.05) is 23.7 Å². The van der Waals surface area contributed by atoms with Gasteiger partial charge in [0.1, 0.15) is 25.3 Å². The maximum atomic E-state index is 13.9. The summed E-state index contributed by atoms with van der Waals surface area (Å²) in [6.07, 6.45) is -0.678. The van der Waals surface area contributed by atoms with E-state index in [-0.39, 0.29) is 40.4 Å². The maximum absolute atomic E-state index is 13.9. The number of carbonyl (C=O) groups is 3. The fraction of sp³-hybridized carbons (Fsp3) is 0.250. The summed E-state index contributed by atoms with van der Waals surface area (Å²) in [5, 5.41) is 2.92. The van der Waals surface area contributed by atoms with Gasteiger partial charge in [-0.3, -0.25) is 13.9 Å². The molecule has 0 heterocycles. The summed E-state index contributed by atoms with van der Waals surface area (Å²) in [6, 6.07) is 27.7. The predicted molar refractivity (Wildman–Crippen MR) is 185 cm³/mol. The number of esters is 1. The molecule has 12 heteroatoms. The monoisotopic (exact) mass is 689 g/mol. The lowest BCUT2D eigenvalue weighted by atomic mass is 9.98. The molecule has 0 aromatic heterocycles. The molecule has 0 spiro atoms. The fourth-order valence-electron chi connectivity index (χ4n) is 5.48. The number of nitrogens with one attached hydrogen (secondary N) is 1. The predicted octanol–water partition coefficient (Wildman–Crippen LogP) is 6.70. The number of hydrogen-bond donors (Lipinski definition) is 1. The van der Waals surface area contributed by atoms with E-state index in [1.54, 1.807) is 32.9 Å². The standard InChI is InChI=1S/C36H36ClN3O7S/c1-36(2,3)47-34(42)22-40(26-13-9-11-24(37)19-26)48(44,45)27-14-10-12-25(20-27)38-33(41)21-39(4)35(43)46-23-32-30-17-7-5-15-28(30)29-16-6-8-18-31(29)32/h5-20,32H,21-23H2,1-4H3,(H,38,41). The molecule has 250 valence electrons. The van der Waals surface area contributed by atoms with Gasteiger partial charge in [-0.25, -0.2) is 13.2 Å². The van der Waals surface area contributed by atoms with Crippen LogP contribution < -0.4 is 9.62 Å². The van der Waals surface area contributed by atoms with E-state index in [9.17, 15) is 22.8 Å². The molecule has 1 aliphatic carbocycles. The van der Waals surface area contributed by atoms with Crippen molar-refractivity contribution in [2.24, 2.45) is 0 Å². The molecule has 0 unspecified atom stereocenters. The number of anilines is 2. The number of hydrogen-bond acceptors (Lipinski definition) is 7. The van der Waals surface area contributed by atoms with Crippen molar-refractivity contribution in [2.45, 2.75) is 37.2 Å². The van der Waals surface area contributed by atoms with Gasteiger partial charge in [0.05, 0.1) is 10.6 Å². The molecule has 1 N–H and O–H groups in total. The summed E-state index contributed by atoms with van der Waals surface area (Å²) in [5.74, 6) is -1.46. The second kappa shape index (κ2) is 14.1. The molecule has 0 fully saturated rings. The molecule has 0 aliphatic heterocycles. The molecule has 0 saturated heterocycles. The first-order chi connectivity index (χ1) is 22.7. The number of benzene rings is 4. The van der Waals surface area contributed by atoms with E-state index in [1.165, 1.54) is 43.4 Å². The summed E-state index contributed by atoms with van der Waals surface area (Å²) in [6.45, 7) is 4.19. The molecular formula is C36H36ClN3O7S. The highest BCUT2D eigenvalue weighted by Crippen LogP contribution is 2.44. The average Bonchev–Trinajstić information content (AvgIpc) is 3.35. The van der Waals surface area contributed by atoms with Gasteiger partial charge in [-0.1, -0.05) is 72.3 Å². The third kappa shape index (κ3) is 7.98. The Morgan fingerprint density at radius 3 is 2.08 bits per heavy atom. The number of carbonyl (C=O) groups excluding carboxylic acids is 3. The summed E-state index contributed by atoms with van der Waals surface area (Å²) >= 11 is 6.15. The number of rotatable bonds is 10. The first kappa shape index (κ1) is 34.5. The second-order valence-electron chi connectivity index (χ2n) is 12.3. The smallest absolute Gasteiger partial charge is 0.409 e. The Bertz CT molecular complexity index is 1910. The molecule has 2 amide bonds. The molecular weight excluding hydrogens is 654 g/mol. The molecule has 5 rings (SSSR count). The van der Waals surface area contributed by atoms with Crippen molar-refractivity contribution in [2.75, 3.05) is 36.4 Å². The van der Waals surface area contributed by atoms with Gasteiger partial charge in [-0.15, -0.1) is 0 Å². The van der Waals surface area contributed by atoms with E-state index >= 15 is 0 Å². The van der Waals surface area contributed by atoms with Crippen molar-refractivity contribution in [1.82, 2.24) is 4.90 Å². The van der Waals surface area contributed by atoms with Crippen LogP contribution in [0.25, 0.3) is 11.1 Å². The van der Waals surface area contributed by atoms with Crippen LogP contribution in [0.3, 0.4) is 0 Å². The SMILES string of the molecule is CN(CC(=O)Nc1cccc(S(=O)(=O)N(CC(=O)OC(C)(C)C)c2cccc(Cl)c2)c1)C(=O)OCC1c2ccccc2-c2ccccc21. The molecule has 10 nitrogen and oxygen atoms in total. The quantitative estimate of drug-likeness (QED) is 0.184. The van der Waals surface area contributed by atoms with Crippen molar-refractivity contribution in [1.29, 1.82) is 0 Å². The van der Waals surface area contributed by atoms with Crippen LogP contribution >= 0.6 is 11.6 Å². The van der Waals surface area contributed by atoms with Gasteiger partial charge >= 0.3 is 12.1 Å². The Morgan fingerprint density at radius 2 is 1.46 bits per heavy atom. The van der Waals surface area contributed by atoms with E-state index in [0.29, 0.717) is 0 Å². The van der Waals surface area contributed by atoms with Crippen molar-refractivity contribution in [3.05, 3.63) is 113 Å². The largest absolute Gasteiger partial charge is 0.459 e. The Morgan fingerprint density at radius 1 is 0.833 bits per heavy atom. The van der Waals surface area contributed by atoms with Gasteiger partial charge in [0.15, 0.2) is 0 Å². The lowest BCUT2D eigenvalue weighted by Gasteiger charge is -2.26. The zero-order valence-electron chi connectivity index (χ0n) is 27.0. The van der Waals surface area contributed by atoms with Crippen LogP contribution in [0.5, 0.6) is 0 Å². The zero-order chi connectivity index (χ0) is 34.6. The van der Waals surface area contributed by atoms with Crippen LogP contribution in [0.15, 0.2) is 102 Å². The highest BCUT2D eigenvalue weighted by atomic mass is 35.5.